The van der Waals surface area contributed by atoms with E-state index in [-0.39, 0.29) is 11.8 Å². The molecule has 4 heteroatoms. The molecule has 3 aromatic carbocycles. The Morgan fingerprint density at radius 2 is 1.61 bits per heavy atom. The summed E-state index contributed by atoms with van der Waals surface area (Å²) in [5.41, 5.74) is 2.74. The normalized spacial score (nSPS) is 17.0. The number of carbonyl (C=O) groups is 1. The van der Waals surface area contributed by atoms with E-state index < -0.39 is 0 Å². The fourth-order valence-electron chi connectivity index (χ4n) is 3.36. The minimum Gasteiger partial charge on any atom is -0.326 e. The van der Waals surface area contributed by atoms with Crippen molar-refractivity contribution in [1.82, 2.24) is 0 Å². The third-order valence-electron chi connectivity index (χ3n) is 4.33. The maximum absolute atomic E-state index is 12.2. The molecule has 1 atom stereocenters. The number of halogens is 2. The van der Waals surface area contributed by atoms with E-state index in [1.807, 2.05) is 42.5 Å². The third-order valence-corrected chi connectivity index (χ3v) is 4.99. The fraction of sp³-hybridized carbons (Fsp3) is 0.105. The first-order valence-corrected chi connectivity index (χ1v) is 8.16. The molecule has 2 nitrogen and oxygen atoms in total. The molecule has 0 aromatic heterocycles. The number of hydrogen-bond acceptors (Lipinski definition) is 1. The Labute approximate surface area is 144 Å². The van der Waals surface area contributed by atoms with Crippen molar-refractivity contribution in [3.8, 4) is 0 Å². The van der Waals surface area contributed by atoms with Gasteiger partial charge in [-0.2, -0.15) is 0 Å². The van der Waals surface area contributed by atoms with Crippen LogP contribution in [0.4, 0.5) is 5.69 Å². The second-order valence-electron chi connectivity index (χ2n) is 5.69. The Hall–Kier alpha value is -2.03. The lowest BCUT2D eigenvalue weighted by molar-refractivity contribution is -0.116. The van der Waals surface area contributed by atoms with Crippen LogP contribution in [0, 0.1) is 0 Å². The Morgan fingerprint density at radius 1 is 0.870 bits per heavy atom. The first kappa shape index (κ1) is 14.6. The number of carbonyl (C=O) groups excluding carboxylic acids is 1. The number of rotatable bonds is 1. The molecular formula is C19H13Cl2NO. The van der Waals surface area contributed by atoms with E-state index in [9.17, 15) is 4.79 Å². The summed E-state index contributed by atoms with van der Waals surface area (Å²) in [7, 11) is 0. The van der Waals surface area contributed by atoms with Crippen LogP contribution >= 0.6 is 23.2 Å². The van der Waals surface area contributed by atoms with Gasteiger partial charge in [0.05, 0.1) is 0 Å². The molecule has 114 valence electrons. The zero-order valence-corrected chi connectivity index (χ0v) is 13.7. The summed E-state index contributed by atoms with van der Waals surface area (Å²) in [6.07, 6.45) is 0.338. The lowest BCUT2D eigenvalue weighted by Gasteiger charge is -2.28. The quantitative estimate of drug-likeness (QED) is 0.611. The monoisotopic (exact) mass is 341 g/mol. The van der Waals surface area contributed by atoms with Gasteiger partial charge in [-0.1, -0.05) is 59.6 Å². The molecule has 4 rings (SSSR count). The molecule has 0 spiro atoms. The van der Waals surface area contributed by atoms with E-state index in [4.69, 9.17) is 23.2 Å². The smallest absolute Gasteiger partial charge is 0.225 e. The number of hydrogen-bond donors (Lipinski definition) is 1. The van der Waals surface area contributed by atoms with Crippen LogP contribution in [0.2, 0.25) is 10.0 Å². The first-order chi connectivity index (χ1) is 11.1. The molecule has 23 heavy (non-hydrogen) atoms. The van der Waals surface area contributed by atoms with Crippen molar-refractivity contribution in [1.29, 1.82) is 0 Å². The maximum atomic E-state index is 12.2. The molecule has 0 saturated heterocycles. The van der Waals surface area contributed by atoms with Crippen molar-refractivity contribution >= 4 is 45.6 Å². The van der Waals surface area contributed by atoms with Crippen LogP contribution in [0.5, 0.6) is 0 Å². The summed E-state index contributed by atoms with van der Waals surface area (Å²) in [5, 5.41) is 6.40. The third kappa shape index (κ3) is 2.39. The van der Waals surface area contributed by atoms with Gasteiger partial charge >= 0.3 is 0 Å². The Kier molecular flexibility index (Phi) is 3.51. The summed E-state index contributed by atoms with van der Waals surface area (Å²) in [6.45, 7) is 0. The van der Waals surface area contributed by atoms with Crippen molar-refractivity contribution in [2.45, 2.75) is 12.3 Å². The Balaban J connectivity index is 2.04. The second-order valence-corrected chi connectivity index (χ2v) is 6.50. The molecule has 1 aliphatic rings. The fourth-order valence-corrected chi connectivity index (χ4v) is 4.02. The van der Waals surface area contributed by atoms with Crippen LogP contribution in [-0.4, -0.2) is 5.91 Å². The van der Waals surface area contributed by atoms with E-state index in [0.717, 1.165) is 27.6 Å². The van der Waals surface area contributed by atoms with Crippen LogP contribution in [0.3, 0.4) is 0 Å². The molecule has 0 bridgehead atoms. The van der Waals surface area contributed by atoms with Gasteiger partial charge in [-0.25, -0.2) is 0 Å². The van der Waals surface area contributed by atoms with Crippen LogP contribution in [0.25, 0.3) is 10.8 Å². The molecule has 0 aliphatic carbocycles. The average Bonchev–Trinajstić information content (AvgIpc) is 2.54. The van der Waals surface area contributed by atoms with E-state index in [1.54, 1.807) is 0 Å². The van der Waals surface area contributed by atoms with Gasteiger partial charge in [-0.15, -0.1) is 0 Å². The van der Waals surface area contributed by atoms with Crippen molar-refractivity contribution < 1.29 is 4.79 Å². The average molecular weight is 342 g/mol. The van der Waals surface area contributed by atoms with Crippen molar-refractivity contribution in [3.63, 3.8) is 0 Å². The molecule has 1 aliphatic heterocycles. The second kappa shape index (κ2) is 5.55. The van der Waals surface area contributed by atoms with Gasteiger partial charge in [0.15, 0.2) is 0 Å². The summed E-state index contributed by atoms with van der Waals surface area (Å²) in [5.74, 6) is -0.167. The van der Waals surface area contributed by atoms with Crippen LogP contribution < -0.4 is 5.32 Å². The lowest BCUT2D eigenvalue weighted by Crippen LogP contribution is -2.24. The van der Waals surface area contributed by atoms with Gasteiger partial charge in [0.2, 0.25) is 5.91 Å². The zero-order chi connectivity index (χ0) is 16.0. The maximum Gasteiger partial charge on any atom is 0.225 e. The number of nitrogens with one attached hydrogen (secondary N) is 1. The first-order valence-electron chi connectivity index (χ1n) is 7.40. The summed E-state index contributed by atoms with van der Waals surface area (Å²) in [4.78, 5) is 12.2. The standard InChI is InChI=1S/C19H13Cl2NO/c20-14-6-3-7-15(21)19(14)13-10-17(23)22-16-9-8-11-4-1-2-5-12(11)18(13)16/h1-9,13H,10H2,(H,22,23)/t13-/m1/s1. The molecule has 0 unspecified atom stereocenters. The van der Waals surface area contributed by atoms with Gasteiger partial charge in [0.1, 0.15) is 0 Å². The number of benzene rings is 3. The number of fused-ring (bicyclic) bond motifs is 3. The van der Waals surface area contributed by atoms with Crippen LogP contribution in [0.1, 0.15) is 23.5 Å². The predicted octanol–water partition coefficient (Wildman–Crippen LogP) is 5.62. The molecule has 1 N–H and O–H groups in total. The number of amides is 1. The SMILES string of the molecule is O=C1C[C@@H](c2c(Cl)cccc2Cl)c2c(ccc3ccccc23)N1. The van der Waals surface area contributed by atoms with Gasteiger partial charge in [0, 0.05) is 28.1 Å². The summed E-state index contributed by atoms with van der Waals surface area (Å²) in [6, 6.07) is 17.6. The Morgan fingerprint density at radius 3 is 2.39 bits per heavy atom. The van der Waals surface area contributed by atoms with E-state index in [0.29, 0.717) is 16.5 Å². The molecule has 0 saturated carbocycles. The van der Waals surface area contributed by atoms with Gasteiger partial charge in [-0.3, -0.25) is 4.79 Å². The summed E-state index contributed by atoms with van der Waals surface area (Å²) >= 11 is 12.8. The van der Waals surface area contributed by atoms with E-state index >= 15 is 0 Å². The topological polar surface area (TPSA) is 29.1 Å². The molecule has 0 radical (unpaired) electrons. The molecule has 3 aromatic rings. The highest BCUT2D eigenvalue weighted by Gasteiger charge is 2.30. The Bertz CT molecular complexity index is 916. The number of anilines is 1. The largest absolute Gasteiger partial charge is 0.326 e. The zero-order valence-electron chi connectivity index (χ0n) is 12.1. The van der Waals surface area contributed by atoms with Crippen LogP contribution in [-0.2, 0) is 4.79 Å². The van der Waals surface area contributed by atoms with Crippen molar-refractivity contribution in [3.05, 3.63) is 75.8 Å². The highest BCUT2D eigenvalue weighted by Crippen LogP contribution is 2.45. The van der Waals surface area contributed by atoms with E-state index in [1.165, 1.54) is 0 Å². The van der Waals surface area contributed by atoms with Crippen molar-refractivity contribution in [2.24, 2.45) is 0 Å². The van der Waals surface area contributed by atoms with Gasteiger partial charge < -0.3 is 5.32 Å². The highest BCUT2D eigenvalue weighted by molar-refractivity contribution is 6.36. The van der Waals surface area contributed by atoms with Crippen LogP contribution in [0.15, 0.2) is 54.6 Å². The minimum absolute atomic E-state index is 0.0197. The van der Waals surface area contributed by atoms with E-state index in [2.05, 4.69) is 17.4 Å². The molecule has 0 fully saturated rings. The minimum atomic E-state index is -0.147. The molecule has 1 heterocycles. The predicted molar refractivity (Wildman–Crippen MR) is 95.5 cm³/mol. The highest BCUT2D eigenvalue weighted by atomic mass is 35.5. The summed E-state index contributed by atoms with van der Waals surface area (Å²) < 4.78 is 0. The molecular weight excluding hydrogens is 329 g/mol. The van der Waals surface area contributed by atoms with Gasteiger partial charge in [-0.05, 0) is 40.1 Å². The van der Waals surface area contributed by atoms with Gasteiger partial charge in [0.25, 0.3) is 0 Å². The lowest BCUT2D eigenvalue weighted by atomic mass is 9.82. The van der Waals surface area contributed by atoms with Crippen molar-refractivity contribution in [2.75, 3.05) is 5.32 Å². The molecule has 1 amide bonds.